The van der Waals surface area contributed by atoms with E-state index in [9.17, 15) is 18.0 Å². The number of hydrogen-bond acceptors (Lipinski definition) is 5. The molecule has 8 nitrogen and oxygen atoms in total. The fourth-order valence-electron chi connectivity index (χ4n) is 3.11. The molecule has 1 aromatic carbocycles. The summed E-state index contributed by atoms with van der Waals surface area (Å²) in [5.41, 5.74) is 0.360. The van der Waals surface area contributed by atoms with Crippen LogP contribution in [0.3, 0.4) is 0 Å². The first-order valence-corrected chi connectivity index (χ1v) is 11.6. The van der Waals surface area contributed by atoms with E-state index in [-0.39, 0.29) is 17.2 Å². The molecule has 3 N–H and O–H groups in total. The molecule has 1 amide bonds. The van der Waals surface area contributed by atoms with Gasteiger partial charge in [-0.25, -0.2) is 13.1 Å². The van der Waals surface area contributed by atoms with Crippen molar-refractivity contribution in [1.82, 2.24) is 4.72 Å². The van der Waals surface area contributed by atoms with E-state index in [1.54, 1.807) is 13.0 Å². The van der Waals surface area contributed by atoms with Crippen LogP contribution in [0.15, 0.2) is 23.1 Å². The van der Waals surface area contributed by atoms with Crippen LogP contribution in [0.4, 0.5) is 5.69 Å². The van der Waals surface area contributed by atoms with Crippen LogP contribution in [0, 0.1) is 0 Å². The average Bonchev–Trinajstić information content (AvgIpc) is 2.66. The normalized spacial score (nSPS) is 16.0. The molecule has 0 aromatic heterocycles. The van der Waals surface area contributed by atoms with Gasteiger partial charge in [-0.15, -0.1) is 0 Å². The SMILES string of the molecule is CC1Oc2ccc(S(=O)(=O)NCCCCCCCCCCC(=O)O)cc2NC1=O. The number of amides is 1. The number of anilines is 1. The Morgan fingerprint density at radius 1 is 1.10 bits per heavy atom. The minimum atomic E-state index is -3.64. The molecule has 0 saturated carbocycles. The second-order valence-electron chi connectivity index (χ2n) is 7.28. The van der Waals surface area contributed by atoms with Crippen LogP contribution in [0.25, 0.3) is 0 Å². The molecular weight excluding hydrogens is 396 g/mol. The number of unbranched alkanes of at least 4 members (excludes halogenated alkanes) is 7. The van der Waals surface area contributed by atoms with E-state index >= 15 is 0 Å². The summed E-state index contributed by atoms with van der Waals surface area (Å²) >= 11 is 0. The zero-order chi connectivity index (χ0) is 21.3. The van der Waals surface area contributed by atoms with E-state index < -0.39 is 22.1 Å². The average molecular weight is 427 g/mol. The van der Waals surface area contributed by atoms with Crippen molar-refractivity contribution in [1.29, 1.82) is 0 Å². The van der Waals surface area contributed by atoms with E-state index in [0.29, 0.717) is 18.0 Å². The number of ether oxygens (including phenoxy) is 1. The predicted octanol–water partition coefficient (Wildman–Crippen LogP) is 3.28. The molecule has 9 heteroatoms. The molecule has 0 fully saturated rings. The summed E-state index contributed by atoms with van der Waals surface area (Å²) in [7, 11) is -3.64. The van der Waals surface area contributed by atoms with Gasteiger partial charge in [0.15, 0.2) is 6.10 Å². The van der Waals surface area contributed by atoms with Gasteiger partial charge in [-0.05, 0) is 38.0 Å². The Morgan fingerprint density at radius 3 is 2.38 bits per heavy atom. The zero-order valence-corrected chi connectivity index (χ0v) is 17.6. The highest BCUT2D eigenvalue weighted by molar-refractivity contribution is 7.89. The molecule has 0 bridgehead atoms. The van der Waals surface area contributed by atoms with Gasteiger partial charge in [0.1, 0.15) is 5.75 Å². The molecule has 0 spiro atoms. The molecule has 1 aliphatic rings. The van der Waals surface area contributed by atoms with Crippen molar-refractivity contribution in [3.8, 4) is 5.75 Å². The first-order chi connectivity index (χ1) is 13.8. The Hall–Kier alpha value is -2.13. The van der Waals surface area contributed by atoms with Gasteiger partial charge in [-0.3, -0.25) is 9.59 Å². The first-order valence-electron chi connectivity index (χ1n) is 10.1. The lowest BCUT2D eigenvalue weighted by molar-refractivity contribution is -0.137. The van der Waals surface area contributed by atoms with E-state index in [1.165, 1.54) is 12.1 Å². The van der Waals surface area contributed by atoms with Crippen molar-refractivity contribution in [2.45, 2.75) is 75.7 Å². The summed E-state index contributed by atoms with van der Waals surface area (Å²) in [6.07, 6.45) is 7.21. The Bertz CT molecular complexity index is 809. The van der Waals surface area contributed by atoms with Crippen molar-refractivity contribution >= 4 is 27.6 Å². The molecule has 0 saturated heterocycles. The topological polar surface area (TPSA) is 122 Å². The molecule has 2 rings (SSSR count). The van der Waals surface area contributed by atoms with Crippen LogP contribution in [-0.4, -0.2) is 38.0 Å². The van der Waals surface area contributed by atoms with Crippen molar-refractivity contribution in [2.24, 2.45) is 0 Å². The van der Waals surface area contributed by atoms with Crippen molar-refractivity contribution in [3.63, 3.8) is 0 Å². The van der Waals surface area contributed by atoms with E-state index in [0.717, 1.165) is 51.4 Å². The van der Waals surface area contributed by atoms with Crippen LogP contribution in [0.5, 0.6) is 5.75 Å². The third kappa shape index (κ3) is 7.66. The summed E-state index contributed by atoms with van der Waals surface area (Å²) in [5.74, 6) is -0.587. The van der Waals surface area contributed by atoms with Gasteiger partial charge in [0, 0.05) is 13.0 Å². The maximum absolute atomic E-state index is 12.4. The predicted molar refractivity (Wildman–Crippen MR) is 110 cm³/mol. The molecule has 162 valence electrons. The fraction of sp³-hybridized carbons (Fsp3) is 0.600. The number of carbonyl (C=O) groups is 2. The lowest BCUT2D eigenvalue weighted by Crippen LogP contribution is -2.34. The third-order valence-electron chi connectivity index (χ3n) is 4.80. The summed E-state index contributed by atoms with van der Waals surface area (Å²) < 4.78 is 32.9. The Morgan fingerprint density at radius 2 is 1.72 bits per heavy atom. The molecule has 1 aliphatic heterocycles. The number of carboxylic acids is 1. The van der Waals surface area contributed by atoms with Gasteiger partial charge < -0.3 is 15.2 Å². The van der Waals surface area contributed by atoms with Crippen molar-refractivity contribution in [3.05, 3.63) is 18.2 Å². The molecule has 0 aliphatic carbocycles. The molecular formula is C20H30N2O6S. The van der Waals surface area contributed by atoms with Crippen molar-refractivity contribution < 1.29 is 27.9 Å². The molecule has 1 aromatic rings. The number of rotatable bonds is 13. The van der Waals surface area contributed by atoms with Gasteiger partial charge >= 0.3 is 5.97 Å². The van der Waals surface area contributed by atoms with Gasteiger partial charge in [0.2, 0.25) is 10.0 Å². The first kappa shape index (κ1) is 23.2. The summed E-state index contributed by atoms with van der Waals surface area (Å²) in [4.78, 5) is 22.2. The highest BCUT2D eigenvalue weighted by Crippen LogP contribution is 2.31. The number of nitrogens with one attached hydrogen (secondary N) is 2. The standard InChI is InChI=1S/C20H30N2O6S/c1-15-20(25)22-17-14-16(11-12-18(17)28-15)29(26,27)21-13-9-7-5-3-2-4-6-8-10-19(23)24/h11-12,14-15,21H,2-10,13H2,1H3,(H,22,25)(H,23,24). The zero-order valence-electron chi connectivity index (χ0n) is 16.8. The summed E-state index contributed by atoms with van der Waals surface area (Å²) in [5, 5.41) is 11.2. The van der Waals surface area contributed by atoms with Crippen LogP contribution in [-0.2, 0) is 19.6 Å². The van der Waals surface area contributed by atoms with Gasteiger partial charge in [-0.1, -0.05) is 38.5 Å². The smallest absolute Gasteiger partial charge is 0.303 e. The largest absolute Gasteiger partial charge is 0.481 e. The molecule has 1 heterocycles. The second-order valence-corrected chi connectivity index (χ2v) is 9.04. The minimum absolute atomic E-state index is 0.0936. The van der Waals surface area contributed by atoms with Crippen LogP contribution < -0.4 is 14.8 Å². The number of carboxylic acid groups (broad SMARTS) is 1. The van der Waals surface area contributed by atoms with E-state index in [1.807, 2.05) is 0 Å². The molecule has 29 heavy (non-hydrogen) atoms. The molecule has 1 unspecified atom stereocenters. The maximum Gasteiger partial charge on any atom is 0.303 e. The third-order valence-corrected chi connectivity index (χ3v) is 6.26. The second kappa shape index (κ2) is 11.2. The molecule has 1 atom stereocenters. The van der Waals surface area contributed by atoms with E-state index in [2.05, 4.69) is 10.0 Å². The quantitative estimate of drug-likeness (QED) is 0.416. The lowest BCUT2D eigenvalue weighted by atomic mass is 10.1. The number of carbonyl (C=O) groups excluding carboxylic acids is 1. The van der Waals surface area contributed by atoms with Gasteiger partial charge in [0.05, 0.1) is 10.6 Å². The summed E-state index contributed by atoms with van der Waals surface area (Å²) in [6, 6.07) is 4.43. The van der Waals surface area contributed by atoms with Crippen LogP contribution in [0.2, 0.25) is 0 Å². The highest BCUT2D eigenvalue weighted by atomic mass is 32.2. The maximum atomic E-state index is 12.4. The highest BCUT2D eigenvalue weighted by Gasteiger charge is 2.25. The van der Waals surface area contributed by atoms with Gasteiger partial charge in [-0.2, -0.15) is 0 Å². The number of fused-ring (bicyclic) bond motifs is 1. The monoisotopic (exact) mass is 426 g/mol. The molecule has 0 radical (unpaired) electrons. The minimum Gasteiger partial charge on any atom is -0.481 e. The number of benzene rings is 1. The van der Waals surface area contributed by atoms with E-state index in [4.69, 9.17) is 9.84 Å². The van der Waals surface area contributed by atoms with Crippen LogP contribution in [0.1, 0.15) is 64.7 Å². The number of sulfonamides is 1. The number of hydrogen-bond donors (Lipinski definition) is 3. The van der Waals surface area contributed by atoms with Gasteiger partial charge in [0.25, 0.3) is 5.91 Å². The van der Waals surface area contributed by atoms with Crippen LogP contribution >= 0.6 is 0 Å². The Labute approximate surface area is 172 Å². The number of aliphatic carboxylic acids is 1. The fourth-order valence-corrected chi connectivity index (χ4v) is 4.21. The lowest BCUT2D eigenvalue weighted by Gasteiger charge is -2.23. The Kier molecular flexibility index (Phi) is 8.91. The summed E-state index contributed by atoms with van der Waals surface area (Å²) in [6.45, 7) is 1.99. The Balaban J connectivity index is 1.65. The van der Waals surface area contributed by atoms with Crippen molar-refractivity contribution in [2.75, 3.05) is 11.9 Å².